The Labute approximate surface area is 253 Å². The van der Waals surface area contributed by atoms with Crippen LogP contribution in [0.3, 0.4) is 0 Å². The molecule has 2 amide bonds. The zero-order valence-corrected chi connectivity index (χ0v) is 24.7. The van der Waals surface area contributed by atoms with E-state index < -0.39 is 5.82 Å². The number of imidazole rings is 1. The number of aromatic amines is 1. The molecule has 1 aliphatic heterocycles. The lowest BCUT2D eigenvalue weighted by atomic mass is 9.99. The van der Waals surface area contributed by atoms with E-state index in [0.29, 0.717) is 58.9 Å². The lowest BCUT2D eigenvalue weighted by Gasteiger charge is -2.35. The molecule has 0 aliphatic carbocycles. The van der Waals surface area contributed by atoms with Crippen LogP contribution in [0.1, 0.15) is 44.0 Å². The summed E-state index contributed by atoms with van der Waals surface area (Å²) in [5, 5.41) is 7.06. The summed E-state index contributed by atoms with van der Waals surface area (Å²) in [7, 11) is 3.56. The number of benzene rings is 2. The van der Waals surface area contributed by atoms with Gasteiger partial charge in [0.05, 0.1) is 41.5 Å². The van der Waals surface area contributed by atoms with Crippen LogP contribution in [0, 0.1) is 11.7 Å². The Hall–Kier alpha value is -4.29. The van der Waals surface area contributed by atoms with Crippen molar-refractivity contribution in [3.8, 4) is 17.0 Å². The fourth-order valence-electron chi connectivity index (χ4n) is 5.18. The van der Waals surface area contributed by atoms with E-state index in [4.69, 9.17) is 22.1 Å². The lowest BCUT2D eigenvalue weighted by Crippen LogP contribution is -2.52. The number of fused-ring (bicyclic) bond motifs is 1. The topological polar surface area (TPSA) is 151 Å². The fourth-order valence-corrected chi connectivity index (χ4v) is 5.36. The molecule has 1 fully saturated rings. The van der Waals surface area contributed by atoms with Crippen molar-refractivity contribution < 1.29 is 18.7 Å². The molecule has 13 heteroatoms. The van der Waals surface area contributed by atoms with Gasteiger partial charge in [-0.1, -0.05) is 24.4 Å². The Morgan fingerprint density at radius 3 is 2.72 bits per heavy atom. The van der Waals surface area contributed by atoms with Crippen LogP contribution in [0.4, 0.5) is 15.9 Å². The van der Waals surface area contributed by atoms with Crippen LogP contribution in [0.25, 0.3) is 22.2 Å². The van der Waals surface area contributed by atoms with Gasteiger partial charge in [-0.2, -0.15) is 0 Å². The number of hydrogen-bond donors (Lipinski definition) is 4. The molecule has 226 valence electrons. The second-order valence-electron chi connectivity index (χ2n) is 10.8. The van der Waals surface area contributed by atoms with Crippen molar-refractivity contribution in [3.05, 3.63) is 59.5 Å². The summed E-state index contributed by atoms with van der Waals surface area (Å²) in [6.07, 6.45) is 6.42. The van der Waals surface area contributed by atoms with Crippen LogP contribution in [0.2, 0.25) is 5.02 Å². The molecular formula is C30H34ClFN8O3. The van der Waals surface area contributed by atoms with Crippen LogP contribution >= 0.6 is 11.6 Å². The average Bonchev–Trinajstić information content (AvgIpc) is 3.46. The number of nitrogens with two attached hydrogens (primary N) is 1. The first kappa shape index (κ1) is 30.2. The van der Waals surface area contributed by atoms with Crippen LogP contribution in [-0.2, 0) is 9.59 Å². The second-order valence-corrected chi connectivity index (χ2v) is 11.2. The van der Waals surface area contributed by atoms with Crippen molar-refractivity contribution in [3.63, 3.8) is 0 Å². The highest BCUT2D eigenvalue weighted by molar-refractivity contribution is 6.31. The van der Waals surface area contributed by atoms with E-state index in [1.165, 1.54) is 18.5 Å². The minimum Gasteiger partial charge on any atom is -0.496 e. The van der Waals surface area contributed by atoms with Gasteiger partial charge >= 0.3 is 0 Å². The van der Waals surface area contributed by atoms with E-state index in [1.54, 1.807) is 25.4 Å². The highest BCUT2D eigenvalue weighted by atomic mass is 35.5. The van der Waals surface area contributed by atoms with Crippen molar-refractivity contribution in [1.82, 2.24) is 30.2 Å². The average molecular weight is 609 g/mol. The summed E-state index contributed by atoms with van der Waals surface area (Å²) < 4.78 is 19.4. The molecule has 3 heterocycles. The number of halogens is 2. The van der Waals surface area contributed by atoms with E-state index >= 15 is 0 Å². The number of unbranched alkanes of at least 4 members (excludes halogenated alkanes) is 2. The first-order valence-electron chi connectivity index (χ1n) is 14.1. The highest BCUT2D eigenvalue weighted by Crippen LogP contribution is 2.36. The molecule has 1 atom stereocenters. The van der Waals surface area contributed by atoms with E-state index in [0.717, 1.165) is 31.5 Å². The zero-order chi connectivity index (χ0) is 30.5. The molecule has 4 aromatic rings. The predicted molar refractivity (Wildman–Crippen MR) is 163 cm³/mol. The van der Waals surface area contributed by atoms with Gasteiger partial charge < -0.3 is 31.0 Å². The summed E-state index contributed by atoms with van der Waals surface area (Å²) >= 11 is 5.98. The van der Waals surface area contributed by atoms with Crippen molar-refractivity contribution in [2.75, 3.05) is 32.6 Å². The molecule has 43 heavy (non-hydrogen) atoms. The molecule has 11 nitrogen and oxygen atoms in total. The number of nitrogens with zero attached hydrogens (tertiary/aromatic N) is 4. The first-order chi connectivity index (χ1) is 20.7. The van der Waals surface area contributed by atoms with E-state index in [2.05, 4.69) is 35.5 Å². The van der Waals surface area contributed by atoms with Gasteiger partial charge in [0.1, 0.15) is 29.5 Å². The molecule has 1 saturated heterocycles. The monoisotopic (exact) mass is 608 g/mol. The van der Waals surface area contributed by atoms with Crippen molar-refractivity contribution in [2.45, 2.75) is 38.1 Å². The Balaban J connectivity index is 1.42. The van der Waals surface area contributed by atoms with Crippen LogP contribution in [0.15, 0.2) is 42.9 Å². The Morgan fingerprint density at radius 1 is 1.19 bits per heavy atom. The molecule has 0 unspecified atom stereocenters. The molecule has 2 aromatic carbocycles. The maximum atomic E-state index is 13.7. The van der Waals surface area contributed by atoms with Gasteiger partial charge in [-0.3, -0.25) is 9.59 Å². The minimum atomic E-state index is -0.512. The quantitative estimate of drug-likeness (QED) is 0.159. The van der Waals surface area contributed by atoms with Gasteiger partial charge in [-0.15, -0.1) is 0 Å². The Morgan fingerprint density at radius 2 is 2.00 bits per heavy atom. The number of likely N-dealkylation sites (tertiary alicyclic amines) is 1. The maximum absolute atomic E-state index is 13.7. The molecule has 5 N–H and O–H groups in total. The molecule has 5 rings (SSSR count). The number of anilines is 2. The smallest absolute Gasteiger partial charge is 0.226 e. The molecule has 0 bridgehead atoms. The molecule has 0 spiro atoms. The molecule has 0 saturated carbocycles. The van der Waals surface area contributed by atoms with Crippen molar-refractivity contribution in [2.24, 2.45) is 11.7 Å². The predicted octanol–water partition coefficient (Wildman–Crippen LogP) is 4.72. The molecule has 1 aliphatic rings. The Bertz CT molecular complexity index is 1620. The maximum Gasteiger partial charge on any atom is 0.226 e. The van der Waals surface area contributed by atoms with E-state index in [1.807, 2.05) is 13.1 Å². The number of hydrogen-bond acceptors (Lipinski definition) is 8. The third-order valence-electron chi connectivity index (χ3n) is 7.52. The zero-order valence-electron chi connectivity index (χ0n) is 24.0. The van der Waals surface area contributed by atoms with Gasteiger partial charge in [-0.05, 0) is 44.2 Å². The number of rotatable bonds is 13. The fraction of sp³-hybridized carbons (Fsp3) is 0.367. The standard InChI is InChI=1S/C30H34ClFN8O3/c1-40-14-17(15-40)30(42)39-23(6-4-3-5-7-27(33)41)29-34-13-25(38-29)19-11-20-24(12-26(19)43-2)35-16-36-28(20)37-18-8-9-22(32)21(31)10-18/h8-13,16-17,23H,3-7,14-15H2,1-2H3,(H2,33,41)(H,34,38)(H,39,42)(H,35,36,37)/t23-/m0/s1. The summed E-state index contributed by atoms with van der Waals surface area (Å²) in [6, 6.07) is 7.70. The van der Waals surface area contributed by atoms with Crippen LogP contribution in [0.5, 0.6) is 5.75 Å². The minimum absolute atomic E-state index is 0.00441. The van der Waals surface area contributed by atoms with Gasteiger partial charge in [0.15, 0.2) is 0 Å². The number of methoxy groups -OCH3 is 1. The molecule has 0 radical (unpaired) electrons. The SMILES string of the molecule is COc1cc2ncnc(Nc3ccc(F)c(Cl)c3)c2cc1-c1cnc([C@H](CCCCCC(N)=O)NC(=O)C2CN(C)C2)[nH]1. The summed E-state index contributed by atoms with van der Waals surface area (Å²) in [5.41, 5.74) is 7.89. The van der Waals surface area contributed by atoms with Crippen LogP contribution < -0.4 is 21.1 Å². The second kappa shape index (κ2) is 13.3. The molecular weight excluding hydrogens is 575 g/mol. The summed E-state index contributed by atoms with van der Waals surface area (Å²) in [4.78, 5) is 43.0. The number of H-pyrrole nitrogens is 1. The number of primary amides is 1. The number of nitrogens with one attached hydrogen (secondary N) is 3. The summed E-state index contributed by atoms with van der Waals surface area (Å²) in [5.74, 6) is 0.807. The van der Waals surface area contributed by atoms with Gasteiger partial charge in [0.25, 0.3) is 0 Å². The largest absolute Gasteiger partial charge is 0.496 e. The van der Waals surface area contributed by atoms with Gasteiger partial charge in [-0.25, -0.2) is 19.3 Å². The van der Waals surface area contributed by atoms with E-state index in [-0.39, 0.29) is 28.8 Å². The van der Waals surface area contributed by atoms with Gasteiger partial charge in [0, 0.05) is 42.2 Å². The number of carbonyl (C=O) groups excluding carboxylic acids is 2. The number of carbonyl (C=O) groups is 2. The van der Waals surface area contributed by atoms with Crippen LogP contribution in [-0.4, -0.2) is 63.9 Å². The van der Waals surface area contributed by atoms with E-state index in [9.17, 15) is 14.0 Å². The number of ether oxygens (including phenoxy) is 1. The third-order valence-corrected chi connectivity index (χ3v) is 7.81. The van der Waals surface area contributed by atoms with Crippen molar-refractivity contribution in [1.29, 1.82) is 0 Å². The third kappa shape index (κ3) is 7.20. The number of aromatic nitrogens is 4. The van der Waals surface area contributed by atoms with Gasteiger partial charge in [0.2, 0.25) is 11.8 Å². The van der Waals surface area contributed by atoms with Crippen molar-refractivity contribution >= 4 is 45.8 Å². The number of amides is 2. The first-order valence-corrected chi connectivity index (χ1v) is 14.5. The normalized spacial score (nSPS) is 14.3. The summed E-state index contributed by atoms with van der Waals surface area (Å²) in [6.45, 7) is 1.44. The molecule has 2 aromatic heterocycles. The highest BCUT2D eigenvalue weighted by Gasteiger charge is 2.32. The Kier molecular flexibility index (Phi) is 9.37. The lowest BCUT2D eigenvalue weighted by molar-refractivity contribution is -0.130.